The fraction of sp³-hybridized carbons (Fsp3) is 0.375. The summed E-state index contributed by atoms with van der Waals surface area (Å²) in [5.41, 5.74) is -0.525. The Labute approximate surface area is 136 Å². The molecule has 1 fully saturated rings. The van der Waals surface area contributed by atoms with Crippen LogP contribution in [-0.4, -0.2) is 38.3 Å². The van der Waals surface area contributed by atoms with Crippen molar-refractivity contribution in [3.8, 4) is 0 Å². The van der Waals surface area contributed by atoms with E-state index >= 15 is 0 Å². The summed E-state index contributed by atoms with van der Waals surface area (Å²) < 4.78 is 41.2. The molecule has 1 saturated heterocycles. The normalized spacial score (nSPS) is 21.3. The lowest BCUT2D eigenvalue weighted by Crippen LogP contribution is -2.33. The Kier molecular flexibility index (Phi) is 4.08. The van der Waals surface area contributed by atoms with Gasteiger partial charge in [-0.05, 0) is 24.1 Å². The standard InChI is InChI=1S/C16H16F3N3O2/c1-21-13(6-7-20-21)15(24)22-9-10(23)8-14(22)11-4-2-3-5-12(11)16(17,18)19/h2-7,10,14,23H,8-9H2,1H3. The van der Waals surface area contributed by atoms with Crippen LogP contribution in [0.3, 0.4) is 0 Å². The van der Waals surface area contributed by atoms with E-state index in [9.17, 15) is 23.1 Å². The molecule has 0 radical (unpaired) electrons. The minimum Gasteiger partial charge on any atom is -0.391 e. The first-order valence-corrected chi connectivity index (χ1v) is 7.42. The number of halogens is 3. The Morgan fingerprint density at radius 3 is 2.62 bits per heavy atom. The van der Waals surface area contributed by atoms with Crippen LogP contribution in [-0.2, 0) is 13.2 Å². The maximum absolute atomic E-state index is 13.3. The molecule has 1 aliphatic rings. The highest BCUT2D eigenvalue weighted by atomic mass is 19.4. The molecule has 0 bridgehead atoms. The fourth-order valence-electron chi connectivity index (χ4n) is 3.11. The summed E-state index contributed by atoms with van der Waals surface area (Å²) in [5, 5.41) is 13.9. The Morgan fingerprint density at radius 2 is 2.00 bits per heavy atom. The van der Waals surface area contributed by atoms with Crippen LogP contribution in [0.15, 0.2) is 36.5 Å². The molecule has 128 valence electrons. The summed E-state index contributed by atoms with van der Waals surface area (Å²) in [4.78, 5) is 14.0. The molecular weight excluding hydrogens is 323 g/mol. The van der Waals surface area contributed by atoms with Gasteiger partial charge in [-0.3, -0.25) is 9.48 Å². The van der Waals surface area contributed by atoms with E-state index in [-0.39, 0.29) is 24.2 Å². The largest absolute Gasteiger partial charge is 0.416 e. The van der Waals surface area contributed by atoms with Crippen LogP contribution in [0.25, 0.3) is 0 Å². The highest BCUT2D eigenvalue weighted by Crippen LogP contribution is 2.40. The van der Waals surface area contributed by atoms with Crippen molar-refractivity contribution >= 4 is 5.91 Å². The maximum atomic E-state index is 13.3. The van der Waals surface area contributed by atoms with E-state index in [0.717, 1.165) is 6.07 Å². The van der Waals surface area contributed by atoms with Crippen molar-refractivity contribution in [2.45, 2.75) is 24.7 Å². The van der Waals surface area contributed by atoms with Gasteiger partial charge in [-0.15, -0.1) is 0 Å². The number of carbonyl (C=O) groups excluding carboxylic acids is 1. The molecular formula is C16H16F3N3O2. The second kappa shape index (κ2) is 5.94. The smallest absolute Gasteiger partial charge is 0.391 e. The number of amides is 1. The molecule has 1 N–H and O–H groups in total. The number of hydrogen-bond acceptors (Lipinski definition) is 3. The van der Waals surface area contributed by atoms with Crippen molar-refractivity contribution in [3.63, 3.8) is 0 Å². The Hall–Kier alpha value is -2.35. The molecule has 2 aromatic rings. The number of benzene rings is 1. The number of nitrogens with zero attached hydrogens (tertiary/aromatic N) is 3. The van der Waals surface area contributed by atoms with Gasteiger partial charge in [-0.25, -0.2) is 0 Å². The lowest BCUT2D eigenvalue weighted by atomic mass is 9.97. The maximum Gasteiger partial charge on any atom is 0.416 e. The summed E-state index contributed by atoms with van der Waals surface area (Å²) in [6, 6.07) is 5.83. The molecule has 1 aliphatic heterocycles. The van der Waals surface area contributed by atoms with Gasteiger partial charge in [0.1, 0.15) is 5.69 Å². The van der Waals surface area contributed by atoms with Crippen molar-refractivity contribution in [2.24, 2.45) is 7.05 Å². The molecule has 24 heavy (non-hydrogen) atoms. The summed E-state index contributed by atoms with van der Waals surface area (Å²) in [5.74, 6) is -0.450. The van der Waals surface area contributed by atoms with E-state index in [1.54, 1.807) is 7.05 Å². The van der Waals surface area contributed by atoms with Crippen LogP contribution < -0.4 is 0 Å². The minimum absolute atomic E-state index is 0.00271. The van der Waals surface area contributed by atoms with Crippen molar-refractivity contribution in [1.29, 1.82) is 0 Å². The molecule has 5 nitrogen and oxygen atoms in total. The summed E-state index contributed by atoms with van der Waals surface area (Å²) >= 11 is 0. The average molecular weight is 339 g/mol. The zero-order valence-electron chi connectivity index (χ0n) is 12.9. The van der Waals surface area contributed by atoms with E-state index in [1.165, 1.54) is 40.0 Å². The molecule has 1 aromatic carbocycles. The molecule has 0 aliphatic carbocycles. The van der Waals surface area contributed by atoms with E-state index in [4.69, 9.17) is 0 Å². The quantitative estimate of drug-likeness (QED) is 0.914. The first-order valence-electron chi connectivity index (χ1n) is 7.42. The molecule has 0 saturated carbocycles. The second-order valence-electron chi connectivity index (χ2n) is 5.79. The number of likely N-dealkylation sites (tertiary alicyclic amines) is 1. The number of β-amino-alcohol motifs (C(OH)–C–C–N with tert-alkyl or cyclic N) is 1. The Balaban J connectivity index is 2.01. The highest BCUT2D eigenvalue weighted by Gasteiger charge is 2.41. The van der Waals surface area contributed by atoms with Crippen molar-refractivity contribution in [3.05, 3.63) is 53.3 Å². The van der Waals surface area contributed by atoms with Crippen LogP contribution in [0, 0.1) is 0 Å². The third kappa shape index (κ3) is 2.89. The Morgan fingerprint density at radius 1 is 1.29 bits per heavy atom. The molecule has 2 unspecified atom stereocenters. The van der Waals surface area contributed by atoms with E-state index in [0.29, 0.717) is 0 Å². The van der Waals surface area contributed by atoms with Gasteiger partial charge >= 0.3 is 6.18 Å². The zero-order valence-corrected chi connectivity index (χ0v) is 12.9. The number of aliphatic hydroxyl groups is 1. The van der Waals surface area contributed by atoms with Gasteiger partial charge in [0.2, 0.25) is 0 Å². The minimum atomic E-state index is -4.52. The summed E-state index contributed by atoms with van der Waals surface area (Å²) in [6.45, 7) is -0.0130. The zero-order chi connectivity index (χ0) is 17.5. The molecule has 2 heterocycles. The predicted molar refractivity (Wildman–Crippen MR) is 79.1 cm³/mol. The van der Waals surface area contributed by atoms with Crippen LogP contribution in [0.2, 0.25) is 0 Å². The second-order valence-corrected chi connectivity index (χ2v) is 5.79. The number of hydrogen-bond donors (Lipinski definition) is 1. The van der Waals surface area contributed by atoms with Crippen LogP contribution in [0.1, 0.15) is 34.1 Å². The first-order chi connectivity index (χ1) is 11.3. The van der Waals surface area contributed by atoms with Gasteiger partial charge < -0.3 is 10.0 Å². The summed E-state index contributed by atoms with van der Waals surface area (Å²) in [6.07, 6.45) is -3.88. The van der Waals surface area contributed by atoms with Gasteiger partial charge in [-0.2, -0.15) is 18.3 Å². The van der Waals surface area contributed by atoms with E-state index in [2.05, 4.69) is 5.10 Å². The molecule has 3 rings (SSSR count). The molecule has 0 spiro atoms. The van der Waals surface area contributed by atoms with Crippen LogP contribution in [0.5, 0.6) is 0 Å². The third-order valence-corrected chi connectivity index (χ3v) is 4.21. The molecule has 1 aromatic heterocycles. The number of carbonyl (C=O) groups is 1. The Bertz CT molecular complexity index is 757. The first kappa shape index (κ1) is 16.5. The van der Waals surface area contributed by atoms with Crippen molar-refractivity contribution in [2.75, 3.05) is 6.54 Å². The predicted octanol–water partition coefficient (Wildman–Crippen LogP) is 2.39. The summed E-state index contributed by atoms with van der Waals surface area (Å²) in [7, 11) is 1.58. The molecule has 8 heteroatoms. The number of aliphatic hydroxyl groups excluding tert-OH is 1. The lowest BCUT2D eigenvalue weighted by Gasteiger charge is -2.27. The van der Waals surface area contributed by atoms with Gasteiger partial charge in [0.15, 0.2) is 0 Å². The van der Waals surface area contributed by atoms with Gasteiger partial charge in [0.25, 0.3) is 5.91 Å². The van der Waals surface area contributed by atoms with Crippen LogP contribution >= 0.6 is 0 Å². The SMILES string of the molecule is Cn1nccc1C(=O)N1CC(O)CC1c1ccccc1C(F)(F)F. The monoisotopic (exact) mass is 339 g/mol. The van der Waals surface area contributed by atoms with Crippen molar-refractivity contribution in [1.82, 2.24) is 14.7 Å². The number of alkyl halides is 3. The van der Waals surface area contributed by atoms with Gasteiger partial charge in [0, 0.05) is 19.8 Å². The highest BCUT2D eigenvalue weighted by molar-refractivity contribution is 5.93. The van der Waals surface area contributed by atoms with E-state index < -0.39 is 29.8 Å². The number of rotatable bonds is 2. The average Bonchev–Trinajstić information content (AvgIpc) is 3.11. The van der Waals surface area contributed by atoms with Gasteiger partial charge in [-0.1, -0.05) is 18.2 Å². The molecule has 2 atom stereocenters. The van der Waals surface area contributed by atoms with Gasteiger partial charge in [0.05, 0.1) is 17.7 Å². The molecule has 1 amide bonds. The number of aromatic nitrogens is 2. The van der Waals surface area contributed by atoms with Crippen LogP contribution in [0.4, 0.5) is 13.2 Å². The fourth-order valence-corrected chi connectivity index (χ4v) is 3.11. The van der Waals surface area contributed by atoms with Crippen molar-refractivity contribution < 1.29 is 23.1 Å². The topological polar surface area (TPSA) is 58.4 Å². The number of aryl methyl sites for hydroxylation is 1. The third-order valence-electron chi connectivity index (χ3n) is 4.21. The van der Waals surface area contributed by atoms with E-state index in [1.807, 2.05) is 0 Å². The lowest BCUT2D eigenvalue weighted by molar-refractivity contribution is -0.138.